The van der Waals surface area contributed by atoms with Crippen LogP contribution in [0.2, 0.25) is 0 Å². The van der Waals surface area contributed by atoms with Crippen molar-refractivity contribution in [2.45, 2.75) is 39.3 Å². The van der Waals surface area contributed by atoms with Crippen LogP contribution in [0.4, 0.5) is 5.13 Å². The fourth-order valence-corrected chi connectivity index (χ4v) is 2.79. The molecule has 0 radical (unpaired) electrons. The maximum atomic E-state index is 11.9. The van der Waals surface area contributed by atoms with E-state index in [1.54, 1.807) is 11.3 Å². The van der Waals surface area contributed by atoms with Crippen LogP contribution in [0.25, 0.3) is 0 Å². The zero-order chi connectivity index (χ0) is 13.9. The quantitative estimate of drug-likeness (QED) is 0.846. The molecule has 0 aliphatic carbocycles. The fraction of sp³-hybridized carbons (Fsp3) is 0.750. The molecule has 1 aromatic rings. The highest BCUT2D eigenvalue weighted by molar-refractivity contribution is 7.15. The van der Waals surface area contributed by atoms with Crippen molar-refractivity contribution in [3.05, 3.63) is 5.01 Å². The first kappa shape index (κ1) is 14.2. The zero-order valence-corrected chi connectivity index (χ0v) is 12.5. The lowest BCUT2D eigenvalue weighted by Gasteiger charge is -2.40. The predicted molar refractivity (Wildman–Crippen MR) is 76.2 cm³/mol. The zero-order valence-electron chi connectivity index (χ0n) is 11.7. The number of piperazine rings is 1. The Labute approximate surface area is 117 Å². The second kappa shape index (κ2) is 5.83. The Morgan fingerprint density at radius 3 is 3.00 bits per heavy atom. The molecule has 0 atom stereocenters. The molecular formula is C12H21N5OS. The van der Waals surface area contributed by atoms with E-state index in [1.165, 1.54) is 0 Å². The summed E-state index contributed by atoms with van der Waals surface area (Å²) in [6, 6.07) is 0. The van der Waals surface area contributed by atoms with E-state index >= 15 is 0 Å². The number of carbonyl (C=O) groups is 1. The van der Waals surface area contributed by atoms with E-state index in [0.717, 1.165) is 29.6 Å². The highest BCUT2D eigenvalue weighted by Crippen LogP contribution is 2.23. The van der Waals surface area contributed by atoms with Gasteiger partial charge in [0.15, 0.2) is 0 Å². The van der Waals surface area contributed by atoms with E-state index in [-0.39, 0.29) is 5.91 Å². The molecule has 1 aliphatic heterocycles. The normalized spacial score (nSPS) is 19.2. The van der Waals surface area contributed by atoms with Crippen LogP contribution in [0.15, 0.2) is 0 Å². The van der Waals surface area contributed by atoms with Crippen molar-refractivity contribution in [2.24, 2.45) is 0 Å². The van der Waals surface area contributed by atoms with Gasteiger partial charge in [0.1, 0.15) is 5.01 Å². The van der Waals surface area contributed by atoms with Gasteiger partial charge in [-0.1, -0.05) is 18.3 Å². The van der Waals surface area contributed by atoms with E-state index in [2.05, 4.69) is 32.7 Å². The van der Waals surface area contributed by atoms with Crippen molar-refractivity contribution in [1.29, 1.82) is 0 Å². The molecule has 106 valence electrons. The first-order valence-corrected chi connectivity index (χ1v) is 7.45. The lowest BCUT2D eigenvalue weighted by atomic mass is 9.99. The van der Waals surface area contributed by atoms with E-state index in [9.17, 15) is 4.79 Å². The van der Waals surface area contributed by atoms with Gasteiger partial charge in [-0.05, 0) is 20.3 Å². The highest BCUT2D eigenvalue weighted by atomic mass is 32.1. The summed E-state index contributed by atoms with van der Waals surface area (Å²) in [7, 11) is 0. The van der Waals surface area contributed by atoms with Crippen molar-refractivity contribution in [1.82, 2.24) is 20.4 Å². The molecule has 1 fully saturated rings. The fourth-order valence-electron chi connectivity index (χ4n) is 2.00. The van der Waals surface area contributed by atoms with Crippen LogP contribution in [0, 0.1) is 0 Å². The van der Waals surface area contributed by atoms with Crippen LogP contribution in [-0.4, -0.2) is 46.2 Å². The van der Waals surface area contributed by atoms with Gasteiger partial charge in [0.05, 0.1) is 12.1 Å². The third-order valence-electron chi connectivity index (χ3n) is 3.33. The summed E-state index contributed by atoms with van der Waals surface area (Å²) in [6.45, 7) is 9.12. The summed E-state index contributed by atoms with van der Waals surface area (Å²) in [5, 5.41) is 16.2. The molecule has 1 aromatic heterocycles. The van der Waals surface area contributed by atoms with Crippen LogP contribution < -0.4 is 10.6 Å². The first-order valence-electron chi connectivity index (χ1n) is 6.63. The van der Waals surface area contributed by atoms with Gasteiger partial charge < -0.3 is 10.6 Å². The lowest BCUT2D eigenvalue weighted by Crippen LogP contribution is -2.61. The topological polar surface area (TPSA) is 70.2 Å². The smallest absolute Gasteiger partial charge is 0.240 e. The number of rotatable bonds is 5. The van der Waals surface area contributed by atoms with Crippen molar-refractivity contribution < 1.29 is 4.79 Å². The van der Waals surface area contributed by atoms with Crippen molar-refractivity contribution in [3.8, 4) is 0 Å². The number of amides is 1. The molecule has 2 N–H and O–H groups in total. The number of nitrogens with zero attached hydrogens (tertiary/aromatic N) is 3. The van der Waals surface area contributed by atoms with Crippen LogP contribution in [0.1, 0.15) is 32.2 Å². The third-order valence-corrected chi connectivity index (χ3v) is 4.20. The number of aromatic nitrogens is 2. The molecule has 19 heavy (non-hydrogen) atoms. The maximum absolute atomic E-state index is 11.9. The molecule has 6 nitrogen and oxygen atoms in total. The summed E-state index contributed by atoms with van der Waals surface area (Å²) in [6.07, 6.45) is 1.06. The first-order chi connectivity index (χ1) is 9.04. The summed E-state index contributed by atoms with van der Waals surface area (Å²) in [5.41, 5.74) is -0.485. The molecule has 1 aliphatic rings. The second-order valence-electron chi connectivity index (χ2n) is 5.16. The Morgan fingerprint density at radius 1 is 1.47 bits per heavy atom. The molecule has 1 amide bonds. The van der Waals surface area contributed by atoms with E-state index in [1.807, 2.05) is 13.8 Å². The van der Waals surface area contributed by atoms with E-state index in [4.69, 9.17) is 0 Å². The van der Waals surface area contributed by atoms with Crippen molar-refractivity contribution in [2.75, 3.05) is 25.0 Å². The number of nitrogens with one attached hydrogen (secondary N) is 2. The summed E-state index contributed by atoms with van der Waals surface area (Å²) in [4.78, 5) is 14.0. The molecular weight excluding hydrogens is 262 g/mol. The number of hydrogen-bond acceptors (Lipinski definition) is 6. The van der Waals surface area contributed by atoms with E-state index in [0.29, 0.717) is 13.1 Å². The van der Waals surface area contributed by atoms with Gasteiger partial charge in [-0.2, -0.15) is 0 Å². The molecule has 1 saturated heterocycles. The van der Waals surface area contributed by atoms with Crippen molar-refractivity contribution >= 4 is 22.4 Å². The van der Waals surface area contributed by atoms with Crippen LogP contribution in [0.3, 0.4) is 0 Å². The van der Waals surface area contributed by atoms with Crippen LogP contribution in [0.5, 0.6) is 0 Å². The van der Waals surface area contributed by atoms with Gasteiger partial charge in [0.2, 0.25) is 11.0 Å². The van der Waals surface area contributed by atoms with Gasteiger partial charge in [-0.3, -0.25) is 9.69 Å². The molecule has 0 saturated carbocycles. The monoisotopic (exact) mass is 283 g/mol. The lowest BCUT2D eigenvalue weighted by molar-refractivity contribution is -0.135. The van der Waals surface area contributed by atoms with Crippen molar-refractivity contribution in [3.63, 3.8) is 0 Å². The Kier molecular flexibility index (Phi) is 4.36. The summed E-state index contributed by atoms with van der Waals surface area (Å²) in [5.74, 6) is 0.0765. The summed E-state index contributed by atoms with van der Waals surface area (Å²) >= 11 is 1.56. The third kappa shape index (κ3) is 3.22. The van der Waals surface area contributed by atoms with Crippen LogP contribution in [-0.2, 0) is 11.3 Å². The molecule has 0 unspecified atom stereocenters. The Balaban J connectivity index is 2.00. The molecule has 0 bridgehead atoms. The standard InChI is InChI=1S/C12H21N5OS/c1-4-5-14-11-16-15-9(19-11)8-17-7-6-13-10(18)12(17,2)3/h4-8H2,1-3H3,(H,13,18)(H,14,16). The van der Waals surface area contributed by atoms with Gasteiger partial charge in [-0.25, -0.2) is 0 Å². The predicted octanol–water partition coefficient (Wildman–Crippen LogP) is 1.07. The Morgan fingerprint density at radius 2 is 2.26 bits per heavy atom. The molecule has 7 heteroatoms. The Hall–Kier alpha value is -1.21. The van der Waals surface area contributed by atoms with Gasteiger partial charge in [0.25, 0.3) is 0 Å². The number of carbonyl (C=O) groups excluding carboxylic acids is 1. The Bertz CT molecular complexity index is 445. The minimum Gasteiger partial charge on any atom is -0.360 e. The van der Waals surface area contributed by atoms with Gasteiger partial charge >= 0.3 is 0 Å². The summed E-state index contributed by atoms with van der Waals surface area (Å²) < 4.78 is 0. The molecule has 0 spiro atoms. The van der Waals surface area contributed by atoms with Crippen LogP contribution >= 0.6 is 11.3 Å². The second-order valence-corrected chi connectivity index (χ2v) is 6.23. The molecule has 0 aromatic carbocycles. The minimum absolute atomic E-state index is 0.0765. The molecule has 2 heterocycles. The number of anilines is 1. The molecule has 2 rings (SSSR count). The highest BCUT2D eigenvalue weighted by Gasteiger charge is 2.37. The maximum Gasteiger partial charge on any atom is 0.240 e. The largest absolute Gasteiger partial charge is 0.360 e. The average Bonchev–Trinajstić information content (AvgIpc) is 2.81. The minimum atomic E-state index is -0.485. The number of hydrogen-bond donors (Lipinski definition) is 2. The average molecular weight is 283 g/mol. The SMILES string of the molecule is CCCNc1nnc(CN2CCNC(=O)C2(C)C)s1. The van der Waals surface area contributed by atoms with Gasteiger partial charge in [-0.15, -0.1) is 10.2 Å². The van der Waals surface area contributed by atoms with Gasteiger partial charge in [0, 0.05) is 19.6 Å². The van der Waals surface area contributed by atoms with E-state index < -0.39 is 5.54 Å².